The molecule has 106 valence electrons. The molecule has 2 N–H and O–H groups in total. The van der Waals surface area contributed by atoms with Crippen molar-refractivity contribution in [3.05, 3.63) is 11.2 Å². The van der Waals surface area contributed by atoms with Crippen LogP contribution in [0.25, 0.3) is 0 Å². The Balaban J connectivity index is 1.96. The number of hydrogen-bond donors (Lipinski definition) is 2. The van der Waals surface area contributed by atoms with E-state index in [1.165, 1.54) is 13.3 Å². The van der Waals surface area contributed by atoms with Crippen LogP contribution in [0.1, 0.15) is 6.42 Å². The molecule has 2 heterocycles. The highest BCUT2D eigenvalue weighted by atomic mass is 35.5. The summed E-state index contributed by atoms with van der Waals surface area (Å²) in [5.74, 6) is 1.02. The Morgan fingerprint density at radius 2 is 2.53 bits per heavy atom. The third kappa shape index (κ3) is 3.68. The minimum atomic E-state index is 0.112. The quantitative estimate of drug-likeness (QED) is 0.819. The summed E-state index contributed by atoms with van der Waals surface area (Å²) in [6, 6.07) is 0.261. The first-order chi connectivity index (χ1) is 9.24. The first-order valence-corrected chi connectivity index (χ1v) is 6.61. The summed E-state index contributed by atoms with van der Waals surface area (Å²) >= 11 is 6.01. The lowest BCUT2D eigenvalue weighted by atomic mass is 9.92. The standard InChI is InChI=1S/C12H18ClN3O3/c1-18-12-15-5-10(13)11(16-12)14-4-9(6-17)8-2-3-19-7-8/h5,8-9,17H,2-4,6-7H2,1H3,(H,14,15,16). The number of aromatic nitrogens is 2. The Morgan fingerprint density at radius 1 is 1.68 bits per heavy atom. The molecule has 0 bridgehead atoms. The van der Waals surface area contributed by atoms with Gasteiger partial charge in [0, 0.05) is 32.3 Å². The number of nitrogens with zero attached hydrogens (tertiary/aromatic N) is 2. The summed E-state index contributed by atoms with van der Waals surface area (Å²) in [5.41, 5.74) is 0. The van der Waals surface area contributed by atoms with E-state index >= 15 is 0 Å². The minimum absolute atomic E-state index is 0.112. The zero-order chi connectivity index (χ0) is 13.7. The summed E-state index contributed by atoms with van der Waals surface area (Å²) in [7, 11) is 1.50. The molecule has 1 aliphatic heterocycles. The normalized spacial score (nSPS) is 20.3. The van der Waals surface area contributed by atoms with E-state index in [2.05, 4.69) is 15.3 Å². The van der Waals surface area contributed by atoms with E-state index in [4.69, 9.17) is 21.1 Å². The van der Waals surface area contributed by atoms with Gasteiger partial charge in [0.2, 0.25) is 0 Å². The molecule has 1 aromatic heterocycles. The van der Waals surface area contributed by atoms with Crippen LogP contribution in [0.3, 0.4) is 0 Å². The average molecular weight is 288 g/mol. The molecule has 19 heavy (non-hydrogen) atoms. The molecule has 0 amide bonds. The largest absolute Gasteiger partial charge is 0.467 e. The van der Waals surface area contributed by atoms with E-state index in [0.29, 0.717) is 29.9 Å². The van der Waals surface area contributed by atoms with E-state index in [1.54, 1.807) is 0 Å². The number of ether oxygens (including phenoxy) is 2. The molecule has 2 unspecified atom stereocenters. The van der Waals surface area contributed by atoms with Crippen molar-refractivity contribution in [1.29, 1.82) is 0 Å². The molecule has 1 aromatic rings. The van der Waals surface area contributed by atoms with Crippen LogP contribution in [0.4, 0.5) is 5.82 Å². The Kier molecular flexibility index (Phi) is 5.18. The Bertz CT molecular complexity index is 413. The van der Waals surface area contributed by atoms with Crippen LogP contribution >= 0.6 is 11.6 Å². The second-order valence-electron chi connectivity index (χ2n) is 4.50. The van der Waals surface area contributed by atoms with Crippen LogP contribution in [0.2, 0.25) is 5.02 Å². The highest BCUT2D eigenvalue weighted by Gasteiger charge is 2.25. The van der Waals surface area contributed by atoms with Crippen molar-refractivity contribution in [2.45, 2.75) is 6.42 Å². The van der Waals surface area contributed by atoms with Gasteiger partial charge in [-0.25, -0.2) is 4.98 Å². The van der Waals surface area contributed by atoms with Gasteiger partial charge in [0.15, 0.2) is 5.82 Å². The average Bonchev–Trinajstić information content (AvgIpc) is 2.95. The molecule has 1 aliphatic rings. The number of rotatable bonds is 6. The summed E-state index contributed by atoms with van der Waals surface area (Å²) < 4.78 is 10.3. The fourth-order valence-electron chi connectivity index (χ4n) is 2.11. The summed E-state index contributed by atoms with van der Waals surface area (Å²) in [6.07, 6.45) is 2.47. The van der Waals surface area contributed by atoms with Crippen LogP contribution in [0.15, 0.2) is 6.20 Å². The third-order valence-electron chi connectivity index (χ3n) is 3.30. The maximum absolute atomic E-state index is 9.45. The van der Waals surface area contributed by atoms with Crippen LogP contribution in [-0.4, -0.2) is 48.5 Å². The van der Waals surface area contributed by atoms with Gasteiger partial charge in [0.05, 0.1) is 13.3 Å². The fraction of sp³-hybridized carbons (Fsp3) is 0.667. The first-order valence-electron chi connectivity index (χ1n) is 6.23. The van der Waals surface area contributed by atoms with Gasteiger partial charge in [-0.05, 0) is 12.3 Å². The maximum atomic E-state index is 9.45. The van der Waals surface area contributed by atoms with Crippen molar-refractivity contribution in [1.82, 2.24) is 9.97 Å². The van der Waals surface area contributed by atoms with Gasteiger partial charge >= 0.3 is 6.01 Å². The molecular formula is C12H18ClN3O3. The van der Waals surface area contributed by atoms with Crippen LogP contribution in [0.5, 0.6) is 6.01 Å². The molecule has 0 aromatic carbocycles. The Morgan fingerprint density at radius 3 is 3.16 bits per heavy atom. The molecule has 0 aliphatic carbocycles. The van der Waals surface area contributed by atoms with E-state index in [1.807, 2.05) is 0 Å². The van der Waals surface area contributed by atoms with E-state index in [9.17, 15) is 5.11 Å². The second-order valence-corrected chi connectivity index (χ2v) is 4.91. The second kappa shape index (κ2) is 6.88. The van der Waals surface area contributed by atoms with Crippen molar-refractivity contribution < 1.29 is 14.6 Å². The molecule has 0 radical (unpaired) electrons. The topological polar surface area (TPSA) is 76.5 Å². The molecule has 1 fully saturated rings. The molecule has 0 saturated carbocycles. The predicted octanol–water partition coefficient (Wildman–Crippen LogP) is 1.20. The highest BCUT2D eigenvalue weighted by molar-refractivity contribution is 6.32. The van der Waals surface area contributed by atoms with E-state index < -0.39 is 0 Å². The number of aliphatic hydroxyl groups excluding tert-OH is 1. The van der Waals surface area contributed by atoms with Gasteiger partial charge in [0.25, 0.3) is 0 Å². The summed E-state index contributed by atoms with van der Waals surface area (Å²) in [4.78, 5) is 8.04. The molecule has 2 rings (SSSR count). The molecule has 6 nitrogen and oxygen atoms in total. The van der Waals surface area contributed by atoms with E-state index in [0.717, 1.165) is 13.0 Å². The van der Waals surface area contributed by atoms with Gasteiger partial charge in [-0.1, -0.05) is 11.6 Å². The molecule has 1 saturated heterocycles. The minimum Gasteiger partial charge on any atom is -0.467 e. The van der Waals surface area contributed by atoms with Crippen molar-refractivity contribution in [3.63, 3.8) is 0 Å². The summed E-state index contributed by atoms with van der Waals surface area (Å²) in [5, 5.41) is 13.0. The van der Waals surface area contributed by atoms with Crippen LogP contribution < -0.4 is 10.1 Å². The predicted molar refractivity (Wildman–Crippen MR) is 71.6 cm³/mol. The van der Waals surface area contributed by atoms with Gasteiger partial charge in [-0.2, -0.15) is 4.98 Å². The van der Waals surface area contributed by atoms with Crippen molar-refractivity contribution in [3.8, 4) is 6.01 Å². The number of hydrogen-bond acceptors (Lipinski definition) is 6. The van der Waals surface area contributed by atoms with Gasteiger partial charge in [0.1, 0.15) is 5.02 Å². The highest BCUT2D eigenvalue weighted by Crippen LogP contribution is 2.24. The number of nitrogens with one attached hydrogen (secondary N) is 1. The van der Waals surface area contributed by atoms with Crippen LogP contribution in [0, 0.1) is 11.8 Å². The molecule has 0 spiro atoms. The molecule has 7 heteroatoms. The number of aliphatic hydroxyl groups is 1. The van der Waals surface area contributed by atoms with Crippen molar-refractivity contribution in [2.24, 2.45) is 11.8 Å². The van der Waals surface area contributed by atoms with Gasteiger partial charge in [-0.15, -0.1) is 0 Å². The zero-order valence-corrected chi connectivity index (χ0v) is 11.6. The Labute approximate surface area is 117 Å². The van der Waals surface area contributed by atoms with Gasteiger partial charge < -0.3 is 19.9 Å². The molecular weight excluding hydrogens is 270 g/mol. The zero-order valence-electron chi connectivity index (χ0n) is 10.8. The SMILES string of the molecule is COc1ncc(Cl)c(NCC(CO)C2CCOC2)n1. The lowest BCUT2D eigenvalue weighted by Gasteiger charge is -2.21. The lowest BCUT2D eigenvalue weighted by Crippen LogP contribution is -2.27. The number of halogens is 1. The van der Waals surface area contributed by atoms with Crippen molar-refractivity contribution in [2.75, 3.05) is 38.8 Å². The van der Waals surface area contributed by atoms with Crippen LogP contribution in [-0.2, 0) is 4.74 Å². The third-order valence-corrected chi connectivity index (χ3v) is 3.58. The lowest BCUT2D eigenvalue weighted by molar-refractivity contribution is 0.145. The van der Waals surface area contributed by atoms with Crippen molar-refractivity contribution >= 4 is 17.4 Å². The number of anilines is 1. The van der Waals surface area contributed by atoms with E-state index in [-0.39, 0.29) is 18.5 Å². The first kappa shape index (κ1) is 14.3. The van der Waals surface area contributed by atoms with Gasteiger partial charge in [-0.3, -0.25) is 0 Å². The fourth-order valence-corrected chi connectivity index (χ4v) is 2.26. The Hall–Kier alpha value is -1.11. The monoisotopic (exact) mass is 287 g/mol. The molecule has 2 atom stereocenters. The smallest absolute Gasteiger partial charge is 0.318 e. The summed E-state index contributed by atoms with van der Waals surface area (Å²) in [6.45, 7) is 2.17. The number of methoxy groups -OCH3 is 1. The maximum Gasteiger partial charge on any atom is 0.318 e.